The summed E-state index contributed by atoms with van der Waals surface area (Å²) in [6.45, 7) is 2.82. The molecule has 1 aromatic carbocycles. The van der Waals surface area contributed by atoms with E-state index in [0.29, 0.717) is 23.7 Å². The summed E-state index contributed by atoms with van der Waals surface area (Å²) in [5, 5.41) is 11.5. The highest BCUT2D eigenvalue weighted by Crippen LogP contribution is 2.29. The molecule has 0 saturated carbocycles. The molecule has 0 heterocycles. The van der Waals surface area contributed by atoms with Gasteiger partial charge >= 0.3 is 0 Å². The second-order valence-electron chi connectivity index (χ2n) is 5.07. The van der Waals surface area contributed by atoms with Gasteiger partial charge in [-0.3, -0.25) is 4.79 Å². The van der Waals surface area contributed by atoms with E-state index < -0.39 is 5.91 Å². The predicted molar refractivity (Wildman–Crippen MR) is 90.3 cm³/mol. The topological polar surface area (TPSA) is 71.3 Å². The number of rotatable bonds is 9. The van der Waals surface area contributed by atoms with Crippen molar-refractivity contribution in [1.29, 1.82) is 5.26 Å². The van der Waals surface area contributed by atoms with E-state index in [-0.39, 0.29) is 5.57 Å². The number of methoxy groups -OCH3 is 1. The highest BCUT2D eigenvalue weighted by molar-refractivity contribution is 6.01. The van der Waals surface area contributed by atoms with Gasteiger partial charge in [0.2, 0.25) is 0 Å². The largest absolute Gasteiger partial charge is 0.493 e. The van der Waals surface area contributed by atoms with Crippen molar-refractivity contribution in [3.05, 3.63) is 29.3 Å². The number of nitrogens with zero attached hydrogens (tertiary/aromatic N) is 1. The zero-order valence-electron chi connectivity index (χ0n) is 14.0. The number of likely N-dealkylation sites (N-methyl/N-ethyl adjacent to an activating group) is 1. The fourth-order valence-corrected chi connectivity index (χ4v) is 2.05. The summed E-state index contributed by atoms with van der Waals surface area (Å²) in [6.07, 6.45) is 6.08. The van der Waals surface area contributed by atoms with Crippen LogP contribution >= 0.6 is 0 Å². The van der Waals surface area contributed by atoms with Gasteiger partial charge in [0.1, 0.15) is 11.6 Å². The van der Waals surface area contributed by atoms with Gasteiger partial charge in [0.15, 0.2) is 11.5 Å². The lowest BCUT2D eigenvalue weighted by Crippen LogP contribution is -2.19. The van der Waals surface area contributed by atoms with E-state index in [1.165, 1.54) is 26.0 Å². The molecular weight excluding hydrogens is 292 g/mol. The average Bonchev–Trinajstić information content (AvgIpc) is 2.59. The molecule has 0 aromatic heterocycles. The zero-order valence-corrected chi connectivity index (χ0v) is 14.0. The van der Waals surface area contributed by atoms with Gasteiger partial charge in [-0.1, -0.05) is 32.3 Å². The van der Waals surface area contributed by atoms with Gasteiger partial charge in [-0.05, 0) is 30.2 Å². The first-order chi connectivity index (χ1) is 11.2. The first-order valence-corrected chi connectivity index (χ1v) is 7.81. The van der Waals surface area contributed by atoms with E-state index in [9.17, 15) is 4.79 Å². The Morgan fingerprint density at radius 3 is 2.70 bits per heavy atom. The van der Waals surface area contributed by atoms with Crippen molar-refractivity contribution >= 4 is 12.0 Å². The van der Waals surface area contributed by atoms with E-state index in [4.69, 9.17) is 14.7 Å². The molecule has 0 unspecified atom stereocenters. The van der Waals surface area contributed by atoms with E-state index in [0.717, 1.165) is 12.8 Å². The number of benzene rings is 1. The van der Waals surface area contributed by atoms with Crippen LogP contribution in [0.2, 0.25) is 0 Å². The minimum Gasteiger partial charge on any atom is -0.493 e. The van der Waals surface area contributed by atoms with Crippen molar-refractivity contribution in [1.82, 2.24) is 5.32 Å². The maximum atomic E-state index is 11.5. The Morgan fingerprint density at radius 1 is 1.30 bits per heavy atom. The first-order valence-electron chi connectivity index (χ1n) is 7.81. The number of carbonyl (C=O) groups excluding carboxylic acids is 1. The Morgan fingerprint density at radius 2 is 2.09 bits per heavy atom. The molecule has 0 fully saturated rings. The van der Waals surface area contributed by atoms with Crippen LogP contribution in [0.25, 0.3) is 6.08 Å². The standard InChI is InChI=1S/C18H24N2O3/c1-4-5-6-7-10-23-16-9-8-14(12-17(16)22-3)11-15(13-19)18(21)20-2/h8-9,11-12H,4-7,10H2,1-3H3,(H,20,21)/b15-11-. The molecule has 23 heavy (non-hydrogen) atoms. The van der Waals surface area contributed by atoms with Crippen LogP contribution < -0.4 is 14.8 Å². The number of amides is 1. The van der Waals surface area contributed by atoms with Crippen LogP contribution in [0, 0.1) is 11.3 Å². The third-order valence-electron chi connectivity index (χ3n) is 3.35. The molecule has 0 aliphatic rings. The fraction of sp³-hybridized carbons (Fsp3) is 0.444. The molecule has 0 spiro atoms. The Kier molecular flexibility index (Phi) is 8.30. The van der Waals surface area contributed by atoms with Crippen LogP contribution in [0.1, 0.15) is 38.2 Å². The molecule has 0 atom stereocenters. The molecule has 124 valence electrons. The molecule has 0 bridgehead atoms. The van der Waals surface area contributed by atoms with Crippen LogP contribution in [-0.2, 0) is 4.79 Å². The van der Waals surface area contributed by atoms with Crippen LogP contribution in [0.3, 0.4) is 0 Å². The minimum absolute atomic E-state index is 0.0442. The van der Waals surface area contributed by atoms with Crippen molar-refractivity contribution in [2.24, 2.45) is 0 Å². The molecule has 1 amide bonds. The number of nitrogens with one attached hydrogen (secondary N) is 1. The second-order valence-corrected chi connectivity index (χ2v) is 5.07. The minimum atomic E-state index is -0.414. The molecule has 5 heteroatoms. The van der Waals surface area contributed by atoms with Gasteiger partial charge in [0, 0.05) is 7.05 Å². The first kappa shape index (κ1) is 18.6. The lowest BCUT2D eigenvalue weighted by molar-refractivity contribution is -0.116. The van der Waals surface area contributed by atoms with E-state index >= 15 is 0 Å². The second kappa shape index (κ2) is 10.3. The van der Waals surface area contributed by atoms with Gasteiger partial charge in [-0.2, -0.15) is 5.26 Å². The smallest absolute Gasteiger partial charge is 0.261 e. The summed E-state index contributed by atoms with van der Waals surface area (Å²) in [5.41, 5.74) is 0.753. The summed E-state index contributed by atoms with van der Waals surface area (Å²) < 4.78 is 11.1. The normalized spacial score (nSPS) is 10.8. The number of hydrogen-bond acceptors (Lipinski definition) is 4. The number of carbonyl (C=O) groups is 1. The lowest BCUT2D eigenvalue weighted by Gasteiger charge is -2.11. The summed E-state index contributed by atoms with van der Waals surface area (Å²) in [7, 11) is 3.06. The molecule has 1 aromatic rings. The summed E-state index contributed by atoms with van der Waals surface area (Å²) >= 11 is 0. The van der Waals surface area contributed by atoms with Crippen LogP contribution in [0.4, 0.5) is 0 Å². The summed E-state index contributed by atoms with van der Waals surface area (Å²) in [5.74, 6) is 0.839. The summed E-state index contributed by atoms with van der Waals surface area (Å²) in [6, 6.07) is 7.23. The van der Waals surface area contributed by atoms with Gasteiger partial charge in [0.25, 0.3) is 5.91 Å². The Hall–Kier alpha value is -2.48. The van der Waals surface area contributed by atoms with Crippen molar-refractivity contribution in [2.75, 3.05) is 20.8 Å². The maximum absolute atomic E-state index is 11.5. The molecule has 0 aliphatic carbocycles. The van der Waals surface area contributed by atoms with Crippen molar-refractivity contribution in [3.8, 4) is 17.6 Å². The van der Waals surface area contributed by atoms with Gasteiger partial charge in [-0.25, -0.2) is 0 Å². The number of ether oxygens (including phenoxy) is 2. The quantitative estimate of drug-likeness (QED) is 0.431. The van der Waals surface area contributed by atoms with Gasteiger partial charge in [-0.15, -0.1) is 0 Å². The highest BCUT2D eigenvalue weighted by Gasteiger charge is 2.09. The van der Waals surface area contributed by atoms with Crippen LogP contribution in [0.5, 0.6) is 11.5 Å². The molecular formula is C18H24N2O3. The Balaban J connectivity index is 2.81. The molecule has 0 aliphatic heterocycles. The third-order valence-corrected chi connectivity index (χ3v) is 3.35. The fourth-order valence-electron chi connectivity index (χ4n) is 2.05. The third kappa shape index (κ3) is 6.03. The van der Waals surface area contributed by atoms with Crippen molar-refractivity contribution in [3.63, 3.8) is 0 Å². The molecule has 0 radical (unpaired) electrons. The zero-order chi connectivity index (χ0) is 17.1. The summed E-state index contributed by atoms with van der Waals surface area (Å²) in [4.78, 5) is 11.5. The Labute approximate surface area is 137 Å². The lowest BCUT2D eigenvalue weighted by atomic mass is 10.1. The van der Waals surface area contributed by atoms with Crippen LogP contribution in [-0.4, -0.2) is 26.7 Å². The highest BCUT2D eigenvalue weighted by atomic mass is 16.5. The maximum Gasteiger partial charge on any atom is 0.261 e. The van der Waals surface area contributed by atoms with Crippen molar-refractivity contribution < 1.29 is 14.3 Å². The Bertz CT molecular complexity index is 588. The molecule has 0 saturated heterocycles. The van der Waals surface area contributed by atoms with Gasteiger partial charge < -0.3 is 14.8 Å². The average molecular weight is 316 g/mol. The van der Waals surface area contributed by atoms with E-state index in [2.05, 4.69) is 12.2 Å². The van der Waals surface area contributed by atoms with Crippen LogP contribution in [0.15, 0.2) is 23.8 Å². The number of nitriles is 1. The number of unbranched alkanes of at least 4 members (excludes halogenated alkanes) is 3. The SMILES string of the molecule is CCCCCCOc1ccc(/C=C(/C#N)C(=O)NC)cc1OC. The monoisotopic (exact) mass is 316 g/mol. The van der Waals surface area contributed by atoms with Crippen molar-refractivity contribution in [2.45, 2.75) is 32.6 Å². The van der Waals surface area contributed by atoms with Gasteiger partial charge in [0.05, 0.1) is 13.7 Å². The predicted octanol–water partition coefficient (Wildman–Crippen LogP) is 3.31. The van der Waals surface area contributed by atoms with E-state index in [1.54, 1.807) is 25.3 Å². The number of hydrogen-bond donors (Lipinski definition) is 1. The molecule has 1 N–H and O–H groups in total. The molecule has 5 nitrogen and oxygen atoms in total. The van der Waals surface area contributed by atoms with E-state index in [1.807, 2.05) is 6.07 Å². The molecule has 1 rings (SSSR count).